The molecule has 1 aliphatic heterocycles. The van der Waals surface area contributed by atoms with Gasteiger partial charge in [0.05, 0.1) is 17.9 Å². The Morgan fingerprint density at radius 2 is 2.22 bits per heavy atom. The summed E-state index contributed by atoms with van der Waals surface area (Å²) < 4.78 is 5.11. The summed E-state index contributed by atoms with van der Waals surface area (Å²) in [5.74, 6) is 0.348. The molecule has 0 bridgehead atoms. The molecule has 0 atom stereocenters. The van der Waals surface area contributed by atoms with Crippen LogP contribution in [0.4, 0.5) is 0 Å². The Balaban J connectivity index is 2.10. The number of aryl methyl sites for hydroxylation is 1. The third-order valence-electron chi connectivity index (χ3n) is 3.51. The number of nitrogens with one attached hydrogen (secondary N) is 1. The highest BCUT2D eigenvalue weighted by atomic mass is 16.3. The van der Waals surface area contributed by atoms with Gasteiger partial charge in [-0.1, -0.05) is 0 Å². The molecular formula is C13H17N3O2. The lowest BCUT2D eigenvalue weighted by Crippen LogP contribution is -2.53. The Morgan fingerprint density at radius 1 is 1.56 bits per heavy atom. The van der Waals surface area contributed by atoms with E-state index >= 15 is 0 Å². The third-order valence-corrected chi connectivity index (χ3v) is 3.51. The highest BCUT2D eigenvalue weighted by Crippen LogP contribution is 2.22. The average molecular weight is 247 g/mol. The molecule has 1 aromatic rings. The molecule has 1 amide bonds. The summed E-state index contributed by atoms with van der Waals surface area (Å²) in [6.07, 6.45) is 2.79. The zero-order valence-corrected chi connectivity index (χ0v) is 10.7. The van der Waals surface area contributed by atoms with E-state index in [-0.39, 0.29) is 5.91 Å². The monoisotopic (exact) mass is 247 g/mol. The van der Waals surface area contributed by atoms with Crippen molar-refractivity contribution in [3.05, 3.63) is 23.7 Å². The van der Waals surface area contributed by atoms with Gasteiger partial charge in [0.2, 0.25) is 0 Å². The smallest absolute Gasteiger partial charge is 0.256 e. The second kappa shape index (κ2) is 4.83. The maximum Gasteiger partial charge on any atom is 0.256 e. The van der Waals surface area contributed by atoms with Crippen LogP contribution in [0.3, 0.4) is 0 Å². The fourth-order valence-electron chi connectivity index (χ4n) is 2.17. The largest absolute Gasteiger partial charge is 0.469 e. The van der Waals surface area contributed by atoms with Crippen molar-refractivity contribution >= 4 is 5.91 Å². The Bertz CT molecular complexity index is 479. The molecule has 1 N–H and O–H groups in total. The molecule has 5 heteroatoms. The van der Waals surface area contributed by atoms with E-state index < -0.39 is 5.54 Å². The predicted octanol–water partition coefficient (Wildman–Crippen LogP) is 1.31. The van der Waals surface area contributed by atoms with E-state index in [9.17, 15) is 10.1 Å². The van der Waals surface area contributed by atoms with Crippen LogP contribution in [0.1, 0.15) is 29.0 Å². The fourth-order valence-corrected chi connectivity index (χ4v) is 2.17. The van der Waals surface area contributed by atoms with E-state index in [4.69, 9.17) is 4.42 Å². The van der Waals surface area contributed by atoms with Gasteiger partial charge in [0.15, 0.2) is 0 Å². The summed E-state index contributed by atoms with van der Waals surface area (Å²) >= 11 is 0. The van der Waals surface area contributed by atoms with Gasteiger partial charge in [0.1, 0.15) is 11.3 Å². The first-order chi connectivity index (χ1) is 8.56. The third kappa shape index (κ3) is 2.39. The zero-order valence-electron chi connectivity index (χ0n) is 10.7. The van der Waals surface area contributed by atoms with Crippen molar-refractivity contribution in [1.82, 2.24) is 10.2 Å². The number of hydrogen-bond donors (Lipinski definition) is 1. The Labute approximate surface area is 106 Å². The lowest BCUT2D eigenvalue weighted by atomic mass is 9.89. The Hall–Kier alpha value is -1.80. The second-order valence-electron chi connectivity index (χ2n) is 4.84. The number of carbonyl (C=O) groups is 1. The van der Waals surface area contributed by atoms with Crippen LogP contribution < -0.4 is 5.32 Å². The van der Waals surface area contributed by atoms with Crippen LogP contribution in [-0.2, 0) is 0 Å². The summed E-state index contributed by atoms with van der Waals surface area (Å²) in [4.78, 5) is 14.3. The molecule has 1 aromatic heterocycles. The molecule has 18 heavy (non-hydrogen) atoms. The molecule has 2 rings (SSSR count). The minimum absolute atomic E-state index is 0.229. The van der Waals surface area contributed by atoms with Crippen molar-refractivity contribution in [3.63, 3.8) is 0 Å². The molecule has 0 unspecified atom stereocenters. The van der Waals surface area contributed by atoms with E-state index in [1.54, 1.807) is 13.0 Å². The lowest BCUT2D eigenvalue weighted by Gasteiger charge is -2.35. The van der Waals surface area contributed by atoms with E-state index in [2.05, 4.69) is 16.3 Å². The molecular weight excluding hydrogens is 230 g/mol. The molecule has 0 spiro atoms. The predicted molar refractivity (Wildman–Crippen MR) is 66.0 cm³/mol. The fraction of sp³-hybridized carbons (Fsp3) is 0.538. The van der Waals surface area contributed by atoms with Crippen molar-refractivity contribution in [2.24, 2.45) is 0 Å². The molecule has 1 aliphatic rings. The van der Waals surface area contributed by atoms with Gasteiger partial charge in [-0.05, 0) is 32.9 Å². The molecule has 2 heterocycles. The van der Waals surface area contributed by atoms with Gasteiger partial charge < -0.3 is 14.6 Å². The summed E-state index contributed by atoms with van der Waals surface area (Å²) in [6, 6.07) is 3.89. The van der Waals surface area contributed by atoms with Crippen LogP contribution >= 0.6 is 0 Å². The van der Waals surface area contributed by atoms with Gasteiger partial charge in [-0.15, -0.1) is 0 Å². The minimum Gasteiger partial charge on any atom is -0.469 e. The molecule has 1 saturated heterocycles. The van der Waals surface area contributed by atoms with Crippen molar-refractivity contribution in [3.8, 4) is 6.07 Å². The first-order valence-corrected chi connectivity index (χ1v) is 6.03. The van der Waals surface area contributed by atoms with Crippen molar-refractivity contribution in [1.29, 1.82) is 5.26 Å². The van der Waals surface area contributed by atoms with Crippen LogP contribution in [0.2, 0.25) is 0 Å². The molecule has 0 saturated carbocycles. The topological polar surface area (TPSA) is 69.3 Å². The summed E-state index contributed by atoms with van der Waals surface area (Å²) in [7, 11) is 2.02. The zero-order chi connectivity index (χ0) is 13.2. The minimum atomic E-state index is -0.743. The maximum atomic E-state index is 12.1. The number of likely N-dealkylation sites (tertiary alicyclic amines) is 1. The number of nitriles is 1. The Kier molecular flexibility index (Phi) is 3.39. The molecule has 96 valence electrons. The first-order valence-electron chi connectivity index (χ1n) is 6.03. The second-order valence-corrected chi connectivity index (χ2v) is 4.84. The number of hydrogen-bond acceptors (Lipinski definition) is 4. The average Bonchev–Trinajstić information content (AvgIpc) is 2.79. The van der Waals surface area contributed by atoms with Crippen LogP contribution in [0, 0.1) is 18.3 Å². The quantitative estimate of drug-likeness (QED) is 0.855. The van der Waals surface area contributed by atoms with E-state index in [0.717, 1.165) is 13.1 Å². The number of amides is 1. The van der Waals surface area contributed by atoms with Crippen molar-refractivity contribution < 1.29 is 9.21 Å². The van der Waals surface area contributed by atoms with E-state index in [0.29, 0.717) is 24.2 Å². The summed E-state index contributed by atoms with van der Waals surface area (Å²) in [5, 5.41) is 12.2. The van der Waals surface area contributed by atoms with E-state index in [1.807, 2.05) is 7.05 Å². The highest BCUT2D eigenvalue weighted by Gasteiger charge is 2.35. The number of nitrogens with zero attached hydrogens (tertiary/aromatic N) is 2. The van der Waals surface area contributed by atoms with Gasteiger partial charge in [-0.3, -0.25) is 4.79 Å². The maximum absolute atomic E-state index is 12.1. The molecule has 0 radical (unpaired) electrons. The Morgan fingerprint density at radius 3 is 2.72 bits per heavy atom. The number of piperidine rings is 1. The van der Waals surface area contributed by atoms with Gasteiger partial charge in [-0.25, -0.2) is 0 Å². The van der Waals surface area contributed by atoms with Crippen LogP contribution in [0.25, 0.3) is 0 Å². The molecule has 0 aliphatic carbocycles. The van der Waals surface area contributed by atoms with Crippen molar-refractivity contribution in [2.75, 3.05) is 20.1 Å². The summed E-state index contributed by atoms with van der Waals surface area (Å²) in [5.41, 5.74) is -0.239. The number of rotatable bonds is 2. The van der Waals surface area contributed by atoms with Gasteiger partial charge in [0, 0.05) is 13.1 Å². The van der Waals surface area contributed by atoms with Gasteiger partial charge >= 0.3 is 0 Å². The highest BCUT2D eigenvalue weighted by molar-refractivity contribution is 5.95. The van der Waals surface area contributed by atoms with Gasteiger partial charge in [-0.2, -0.15) is 5.26 Å². The molecule has 5 nitrogen and oxygen atoms in total. The summed E-state index contributed by atoms with van der Waals surface area (Å²) in [6.45, 7) is 3.37. The number of carbonyl (C=O) groups excluding carboxylic acids is 1. The van der Waals surface area contributed by atoms with Crippen LogP contribution in [-0.4, -0.2) is 36.5 Å². The van der Waals surface area contributed by atoms with Crippen LogP contribution in [0.5, 0.6) is 0 Å². The first kappa shape index (κ1) is 12.7. The van der Waals surface area contributed by atoms with E-state index in [1.165, 1.54) is 6.26 Å². The normalized spacial score (nSPS) is 19.2. The SMILES string of the molecule is Cc1occc1C(=O)NC1(C#N)CCN(C)CC1. The van der Waals surface area contributed by atoms with Crippen molar-refractivity contribution in [2.45, 2.75) is 25.3 Å². The molecule has 1 fully saturated rings. The van der Waals surface area contributed by atoms with Gasteiger partial charge in [0.25, 0.3) is 5.91 Å². The number of furan rings is 1. The lowest BCUT2D eigenvalue weighted by molar-refractivity contribution is 0.0880. The standard InChI is InChI=1S/C13H17N3O2/c1-10-11(3-8-18-10)12(17)15-13(9-14)4-6-16(2)7-5-13/h3,8H,4-7H2,1-2H3,(H,15,17). The van der Waals surface area contributed by atoms with Crippen LogP contribution in [0.15, 0.2) is 16.7 Å². The molecule has 0 aromatic carbocycles.